The van der Waals surface area contributed by atoms with Gasteiger partial charge in [-0.05, 0) is 6.07 Å². The van der Waals surface area contributed by atoms with Crippen LogP contribution < -0.4 is 5.32 Å². The van der Waals surface area contributed by atoms with Crippen LogP contribution in [0.3, 0.4) is 0 Å². The van der Waals surface area contributed by atoms with Gasteiger partial charge in [-0.15, -0.1) is 10.2 Å². The van der Waals surface area contributed by atoms with E-state index >= 15 is 0 Å². The molecule has 6 heteroatoms. The highest BCUT2D eigenvalue weighted by Gasteiger charge is 2.06. The summed E-state index contributed by atoms with van der Waals surface area (Å²) in [4.78, 5) is 3.74. The summed E-state index contributed by atoms with van der Waals surface area (Å²) >= 11 is 1.35. The first-order valence-electron chi connectivity index (χ1n) is 3.92. The molecule has 0 aromatic carbocycles. The molecule has 2 heterocycles. The molecule has 0 radical (unpaired) electrons. The van der Waals surface area contributed by atoms with Gasteiger partial charge in [-0.2, -0.15) is 0 Å². The van der Waals surface area contributed by atoms with Crippen molar-refractivity contribution in [2.24, 2.45) is 0 Å². The maximum atomic E-state index is 12.8. The van der Waals surface area contributed by atoms with Gasteiger partial charge < -0.3 is 5.32 Å². The molecule has 4 nitrogen and oxygen atoms in total. The van der Waals surface area contributed by atoms with E-state index in [1.54, 1.807) is 13.2 Å². The number of halogens is 1. The summed E-state index contributed by atoms with van der Waals surface area (Å²) in [7, 11) is 1.76. The van der Waals surface area contributed by atoms with Crippen molar-refractivity contribution in [3.8, 4) is 10.6 Å². The predicted molar refractivity (Wildman–Crippen MR) is 52.6 cm³/mol. The average molecular weight is 210 g/mol. The fourth-order valence-corrected chi connectivity index (χ4v) is 1.65. The van der Waals surface area contributed by atoms with Crippen LogP contribution in [0, 0.1) is 5.82 Å². The van der Waals surface area contributed by atoms with Crippen LogP contribution in [0.1, 0.15) is 0 Å². The van der Waals surface area contributed by atoms with Gasteiger partial charge in [-0.25, -0.2) is 4.39 Å². The second-order valence-electron chi connectivity index (χ2n) is 2.55. The molecule has 14 heavy (non-hydrogen) atoms. The van der Waals surface area contributed by atoms with E-state index in [-0.39, 0.29) is 5.82 Å². The summed E-state index contributed by atoms with van der Waals surface area (Å²) in [5, 5.41) is 12.0. The summed E-state index contributed by atoms with van der Waals surface area (Å²) in [5.74, 6) is -0.372. The summed E-state index contributed by atoms with van der Waals surface area (Å²) in [6.07, 6.45) is 2.71. The first-order chi connectivity index (χ1) is 6.79. The van der Waals surface area contributed by atoms with Crippen molar-refractivity contribution in [3.05, 3.63) is 24.3 Å². The number of hydrogen-bond acceptors (Lipinski definition) is 5. The first-order valence-corrected chi connectivity index (χ1v) is 4.73. The Labute approximate surface area is 83.8 Å². The zero-order valence-corrected chi connectivity index (χ0v) is 8.18. The Hall–Kier alpha value is -1.56. The molecular formula is C8H7FN4S. The third-order valence-electron chi connectivity index (χ3n) is 1.59. The highest BCUT2D eigenvalue weighted by molar-refractivity contribution is 7.18. The summed E-state index contributed by atoms with van der Waals surface area (Å²) < 4.78 is 12.8. The average Bonchev–Trinajstić information content (AvgIpc) is 2.66. The molecule has 0 spiro atoms. The monoisotopic (exact) mass is 210 g/mol. The highest BCUT2D eigenvalue weighted by Crippen LogP contribution is 2.25. The largest absolute Gasteiger partial charge is 0.363 e. The molecule has 0 unspecified atom stereocenters. The van der Waals surface area contributed by atoms with Crippen molar-refractivity contribution in [3.63, 3.8) is 0 Å². The molecule has 2 aromatic rings. The molecule has 2 rings (SSSR count). The van der Waals surface area contributed by atoms with E-state index in [0.29, 0.717) is 15.7 Å². The molecule has 1 N–H and O–H groups in total. The maximum absolute atomic E-state index is 12.8. The van der Waals surface area contributed by atoms with Gasteiger partial charge in [0.15, 0.2) is 5.01 Å². The van der Waals surface area contributed by atoms with Crippen LogP contribution in [0.25, 0.3) is 10.6 Å². The molecule has 0 bridgehead atoms. The lowest BCUT2D eigenvalue weighted by atomic mass is 10.3. The predicted octanol–water partition coefficient (Wildman–Crippen LogP) is 1.78. The quantitative estimate of drug-likeness (QED) is 0.820. The Balaban J connectivity index is 2.39. The molecule has 0 atom stereocenters. The lowest BCUT2D eigenvalue weighted by Gasteiger charge is -1.92. The van der Waals surface area contributed by atoms with Crippen LogP contribution in [0.4, 0.5) is 9.52 Å². The first kappa shape index (κ1) is 9.01. The van der Waals surface area contributed by atoms with E-state index in [1.807, 2.05) is 0 Å². The third kappa shape index (κ3) is 1.69. The maximum Gasteiger partial charge on any atom is 0.205 e. The van der Waals surface area contributed by atoms with Crippen molar-refractivity contribution in [1.82, 2.24) is 15.2 Å². The van der Waals surface area contributed by atoms with Crippen LogP contribution in [0.15, 0.2) is 18.5 Å². The Morgan fingerprint density at radius 3 is 2.86 bits per heavy atom. The number of nitrogens with zero attached hydrogens (tertiary/aromatic N) is 3. The van der Waals surface area contributed by atoms with Gasteiger partial charge in [-0.1, -0.05) is 11.3 Å². The van der Waals surface area contributed by atoms with Crippen molar-refractivity contribution in [1.29, 1.82) is 0 Å². The molecule has 72 valence electrons. The second kappa shape index (κ2) is 3.67. The van der Waals surface area contributed by atoms with Crippen LogP contribution in [-0.4, -0.2) is 22.2 Å². The molecule has 2 aromatic heterocycles. The minimum Gasteiger partial charge on any atom is -0.363 e. The molecule has 0 amide bonds. The Morgan fingerprint density at radius 2 is 2.21 bits per heavy atom. The van der Waals surface area contributed by atoms with Crippen LogP contribution in [-0.2, 0) is 0 Å². The van der Waals surface area contributed by atoms with Crippen molar-refractivity contribution >= 4 is 16.5 Å². The Morgan fingerprint density at radius 1 is 1.36 bits per heavy atom. The van der Waals surface area contributed by atoms with Gasteiger partial charge in [0, 0.05) is 18.8 Å². The molecule has 0 aliphatic heterocycles. The van der Waals surface area contributed by atoms with Gasteiger partial charge in [0.2, 0.25) is 5.13 Å². The number of aromatic nitrogens is 3. The number of anilines is 1. The highest BCUT2D eigenvalue weighted by atomic mass is 32.1. The standard InChI is InChI=1S/C8H7FN4S/c1-10-8-13-12-7(14-8)5-2-6(9)4-11-3-5/h2-4H,1H3,(H,10,13). The number of hydrogen-bond donors (Lipinski definition) is 1. The van der Waals surface area contributed by atoms with E-state index in [2.05, 4.69) is 20.5 Å². The zero-order chi connectivity index (χ0) is 9.97. The fraction of sp³-hybridized carbons (Fsp3) is 0.125. The minimum absolute atomic E-state index is 0.372. The zero-order valence-electron chi connectivity index (χ0n) is 7.36. The molecule has 0 saturated heterocycles. The van der Waals surface area contributed by atoms with Crippen LogP contribution >= 0.6 is 11.3 Å². The van der Waals surface area contributed by atoms with Gasteiger partial charge in [0.1, 0.15) is 5.82 Å². The normalized spacial score (nSPS) is 10.1. The van der Waals surface area contributed by atoms with E-state index < -0.39 is 0 Å². The van der Waals surface area contributed by atoms with E-state index in [4.69, 9.17) is 0 Å². The lowest BCUT2D eigenvalue weighted by molar-refractivity contribution is 0.622. The fourth-order valence-electron chi connectivity index (χ4n) is 0.970. The Kier molecular flexibility index (Phi) is 2.36. The summed E-state index contributed by atoms with van der Waals surface area (Å²) in [5.41, 5.74) is 0.643. The molecule has 0 fully saturated rings. The summed E-state index contributed by atoms with van der Waals surface area (Å²) in [6.45, 7) is 0. The Bertz CT molecular complexity index is 442. The molecule has 0 saturated carbocycles. The molecular weight excluding hydrogens is 203 g/mol. The second-order valence-corrected chi connectivity index (χ2v) is 3.53. The van der Waals surface area contributed by atoms with E-state index in [1.165, 1.54) is 17.4 Å². The molecule has 0 aliphatic carbocycles. The van der Waals surface area contributed by atoms with E-state index in [0.717, 1.165) is 6.20 Å². The van der Waals surface area contributed by atoms with Gasteiger partial charge in [0.25, 0.3) is 0 Å². The topological polar surface area (TPSA) is 50.7 Å². The smallest absolute Gasteiger partial charge is 0.205 e. The van der Waals surface area contributed by atoms with Gasteiger partial charge in [0.05, 0.1) is 6.20 Å². The van der Waals surface area contributed by atoms with Gasteiger partial charge >= 0.3 is 0 Å². The van der Waals surface area contributed by atoms with Gasteiger partial charge in [-0.3, -0.25) is 4.98 Å². The SMILES string of the molecule is CNc1nnc(-c2cncc(F)c2)s1. The summed E-state index contributed by atoms with van der Waals surface area (Å²) in [6, 6.07) is 1.38. The third-order valence-corrected chi connectivity index (χ3v) is 2.58. The minimum atomic E-state index is -0.372. The van der Waals surface area contributed by atoms with Crippen molar-refractivity contribution < 1.29 is 4.39 Å². The van der Waals surface area contributed by atoms with E-state index in [9.17, 15) is 4.39 Å². The van der Waals surface area contributed by atoms with Crippen molar-refractivity contribution in [2.75, 3.05) is 12.4 Å². The number of nitrogens with one attached hydrogen (secondary N) is 1. The molecule has 0 aliphatic rings. The van der Waals surface area contributed by atoms with Crippen LogP contribution in [0.5, 0.6) is 0 Å². The van der Waals surface area contributed by atoms with Crippen LogP contribution in [0.2, 0.25) is 0 Å². The lowest BCUT2D eigenvalue weighted by Crippen LogP contribution is -1.84. The number of pyridine rings is 1. The van der Waals surface area contributed by atoms with Crippen molar-refractivity contribution in [2.45, 2.75) is 0 Å². The number of rotatable bonds is 2.